The fourth-order valence-corrected chi connectivity index (χ4v) is 2.65. The molecule has 1 heterocycles. The summed E-state index contributed by atoms with van der Waals surface area (Å²) < 4.78 is 0. The SMILES string of the molecule is Cc1ccc(NC(=O)C2CCC(=O)N2)c(-c2ccccc2)c1. The maximum Gasteiger partial charge on any atom is 0.246 e. The van der Waals surface area contributed by atoms with Crippen LogP contribution in [0.1, 0.15) is 18.4 Å². The van der Waals surface area contributed by atoms with Gasteiger partial charge < -0.3 is 10.6 Å². The highest BCUT2D eigenvalue weighted by molar-refractivity contribution is 6.01. The van der Waals surface area contributed by atoms with Gasteiger partial charge in [0.25, 0.3) is 0 Å². The zero-order valence-electron chi connectivity index (χ0n) is 12.4. The molecule has 0 aromatic heterocycles. The Morgan fingerprint density at radius 1 is 1.18 bits per heavy atom. The van der Waals surface area contributed by atoms with Crippen molar-refractivity contribution in [3.05, 3.63) is 54.1 Å². The first-order valence-corrected chi connectivity index (χ1v) is 7.40. The van der Waals surface area contributed by atoms with Gasteiger partial charge in [-0.1, -0.05) is 42.0 Å². The third-order valence-electron chi connectivity index (χ3n) is 3.83. The number of aryl methyl sites for hydroxylation is 1. The Hall–Kier alpha value is -2.62. The van der Waals surface area contributed by atoms with Crippen LogP contribution in [0.15, 0.2) is 48.5 Å². The van der Waals surface area contributed by atoms with Gasteiger partial charge in [0.15, 0.2) is 0 Å². The maximum absolute atomic E-state index is 12.3. The van der Waals surface area contributed by atoms with E-state index in [0.29, 0.717) is 12.8 Å². The normalized spacial score (nSPS) is 17.1. The first-order chi connectivity index (χ1) is 10.6. The second-order valence-electron chi connectivity index (χ2n) is 5.56. The van der Waals surface area contributed by atoms with Crippen LogP contribution >= 0.6 is 0 Å². The number of carbonyl (C=O) groups is 2. The van der Waals surface area contributed by atoms with E-state index >= 15 is 0 Å². The highest BCUT2D eigenvalue weighted by Gasteiger charge is 2.27. The molecule has 3 rings (SSSR count). The summed E-state index contributed by atoms with van der Waals surface area (Å²) >= 11 is 0. The van der Waals surface area contributed by atoms with Crippen LogP contribution in [0.25, 0.3) is 11.1 Å². The third-order valence-corrected chi connectivity index (χ3v) is 3.83. The molecule has 2 amide bonds. The van der Waals surface area contributed by atoms with Crippen LogP contribution in [0, 0.1) is 6.92 Å². The lowest BCUT2D eigenvalue weighted by Gasteiger charge is -2.15. The minimum Gasteiger partial charge on any atom is -0.344 e. The topological polar surface area (TPSA) is 58.2 Å². The molecule has 0 saturated carbocycles. The van der Waals surface area contributed by atoms with E-state index in [9.17, 15) is 9.59 Å². The summed E-state index contributed by atoms with van der Waals surface area (Å²) in [5.74, 6) is -0.223. The van der Waals surface area contributed by atoms with Crippen LogP contribution in [0.3, 0.4) is 0 Å². The summed E-state index contributed by atoms with van der Waals surface area (Å²) in [7, 11) is 0. The highest BCUT2D eigenvalue weighted by atomic mass is 16.2. The fraction of sp³-hybridized carbons (Fsp3) is 0.222. The number of benzene rings is 2. The van der Waals surface area contributed by atoms with E-state index in [0.717, 1.165) is 22.4 Å². The van der Waals surface area contributed by atoms with E-state index in [-0.39, 0.29) is 11.8 Å². The van der Waals surface area contributed by atoms with Crippen molar-refractivity contribution in [3.8, 4) is 11.1 Å². The zero-order valence-corrected chi connectivity index (χ0v) is 12.4. The number of amides is 2. The molecule has 4 heteroatoms. The minimum atomic E-state index is -0.433. The number of rotatable bonds is 3. The van der Waals surface area contributed by atoms with Gasteiger partial charge in [-0.15, -0.1) is 0 Å². The monoisotopic (exact) mass is 294 g/mol. The molecule has 1 aliphatic rings. The van der Waals surface area contributed by atoms with Gasteiger partial charge in [-0.25, -0.2) is 0 Å². The Morgan fingerprint density at radius 2 is 1.95 bits per heavy atom. The fourth-order valence-electron chi connectivity index (χ4n) is 2.65. The molecule has 2 aromatic rings. The number of anilines is 1. The van der Waals surface area contributed by atoms with E-state index < -0.39 is 6.04 Å². The molecule has 1 fully saturated rings. The van der Waals surface area contributed by atoms with Crippen LogP contribution in [0.2, 0.25) is 0 Å². The molecule has 22 heavy (non-hydrogen) atoms. The van der Waals surface area contributed by atoms with Gasteiger partial charge in [0.1, 0.15) is 6.04 Å². The summed E-state index contributed by atoms with van der Waals surface area (Å²) in [5.41, 5.74) is 3.93. The lowest BCUT2D eigenvalue weighted by molar-refractivity contribution is -0.122. The third kappa shape index (κ3) is 3.01. The molecule has 0 aliphatic carbocycles. The number of carbonyl (C=O) groups excluding carboxylic acids is 2. The summed E-state index contributed by atoms with van der Waals surface area (Å²) in [5, 5.41) is 5.64. The molecule has 1 aliphatic heterocycles. The minimum absolute atomic E-state index is 0.0626. The van der Waals surface area contributed by atoms with Crippen LogP contribution in [0.4, 0.5) is 5.69 Å². The second kappa shape index (κ2) is 6.02. The molecule has 0 bridgehead atoms. The highest BCUT2D eigenvalue weighted by Crippen LogP contribution is 2.29. The van der Waals surface area contributed by atoms with Gasteiger partial charge >= 0.3 is 0 Å². The first-order valence-electron chi connectivity index (χ1n) is 7.40. The van der Waals surface area contributed by atoms with Gasteiger partial charge in [-0.05, 0) is 31.0 Å². The molecule has 2 aromatic carbocycles. The predicted octanol–water partition coefficient (Wildman–Crippen LogP) is 2.88. The second-order valence-corrected chi connectivity index (χ2v) is 5.56. The van der Waals surface area contributed by atoms with E-state index in [1.807, 2.05) is 49.4 Å². The average Bonchev–Trinajstić information content (AvgIpc) is 2.96. The van der Waals surface area contributed by atoms with Gasteiger partial charge in [0.2, 0.25) is 11.8 Å². The Labute approximate surface area is 129 Å². The molecular weight excluding hydrogens is 276 g/mol. The molecule has 4 nitrogen and oxygen atoms in total. The Kier molecular flexibility index (Phi) is 3.92. The van der Waals surface area contributed by atoms with Crippen LogP contribution in [-0.4, -0.2) is 17.9 Å². The number of hydrogen-bond donors (Lipinski definition) is 2. The van der Waals surface area contributed by atoms with Gasteiger partial charge in [0, 0.05) is 17.7 Å². The van der Waals surface area contributed by atoms with Gasteiger partial charge in [-0.3, -0.25) is 9.59 Å². The van der Waals surface area contributed by atoms with Crippen LogP contribution < -0.4 is 10.6 Å². The molecule has 1 unspecified atom stereocenters. The number of hydrogen-bond acceptors (Lipinski definition) is 2. The van der Waals surface area contributed by atoms with Crippen LogP contribution in [-0.2, 0) is 9.59 Å². The van der Waals surface area contributed by atoms with E-state index in [2.05, 4.69) is 16.7 Å². The van der Waals surface area contributed by atoms with E-state index in [1.165, 1.54) is 0 Å². The van der Waals surface area contributed by atoms with Crippen molar-refractivity contribution in [1.29, 1.82) is 0 Å². The standard InChI is InChI=1S/C18H18N2O2/c1-12-7-8-15(14(11-12)13-5-3-2-4-6-13)20-18(22)16-9-10-17(21)19-16/h2-8,11,16H,9-10H2,1H3,(H,19,21)(H,20,22). The maximum atomic E-state index is 12.3. The molecule has 0 radical (unpaired) electrons. The van der Waals surface area contributed by atoms with Gasteiger partial charge in [-0.2, -0.15) is 0 Å². The van der Waals surface area contributed by atoms with Crippen molar-refractivity contribution in [2.45, 2.75) is 25.8 Å². The lowest BCUT2D eigenvalue weighted by Crippen LogP contribution is -2.37. The largest absolute Gasteiger partial charge is 0.344 e. The Morgan fingerprint density at radius 3 is 2.64 bits per heavy atom. The predicted molar refractivity (Wildman–Crippen MR) is 86.4 cm³/mol. The van der Waals surface area contributed by atoms with Crippen molar-refractivity contribution in [2.75, 3.05) is 5.32 Å². The molecule has 2 N–H and O–H groups in total. The Balaban J connectivity index is 1.88. The van der Waals surface area contributed by atoms with Crippen molar-refractivity contribution in [3.63, 3.8) is 0 Å². The quantitative estimate of drug-likeness (QED) is 0.914. The number of nitrogens with one attached hydrogen (secondary N) is 2. The summed E-state index contributed by atoms with van der Waals surface area (Å²) in [4.78, 5) is 23.6. The molecule has 1 saturated heterocycles. The smallest absolute Gasteiger partial charge is 0.246 e. The van der Waals surface area contributed by atoms with Gasteiger partial charge in [0.05, 0.1) is 0 Å². The molecule has 1 atom stereocenters. The molecule has 112 valence electrons. The Bertz CT molecular complexity index is 710. The van der Waals surface area contributed by atoms with Crippen molar-refractivity contribution in [1.82, 2.24) is 5.32 Å². The summed E-state index contributed by atoms with van der Waals surface area (Å²) in [6.45, 7) is 2.02. The zero-order chi connectivity index (χ0) is 15.5. The van der Waals surface area contributed by atoms with E-state index in [1.54, 1.807) is 0 Å². The van der Waals surface area contributed by atoms with Crippen LogP contribution in [0.5, 0.6) is 0 Å². The molecular formula is C18H18N2O2. The first kappa shape index (κ1) is 14.3. The average molecular weight is 294 g/mol. The summed E-state index contributed by atoms with van der Waals surface area (Å²) in [6, 6.07) is 15.4. The van der Waals surface area contributed by atoms with Crippen molar-refractivity contribution < 1.29 is 9.59 Å². The van der Waals surface area contributed by atoms with Crippen molar-refractivity contribution in [2.24, 2.45) is 0 Å². The van der Waals surface area contributed by atoms with Crippen molar-refractivity contribution >= 4 is 17.5 Å². The summed E-state index contributed by atoms with van der Waals surface area (Å²) in [6.07, 6.45) is 0.967. The van der Waals surface area contributed by atoms with E-state index in [4.69, 9.17) is 0 Å². The molecule has 0 spiro atoms. The lowest BCUT2D eigenvalue weighted by atomic mass is 10.0.